The smallest absolute Gasteiger partial charge is 0.337 e. The summed E-state index contributed by atoms with van der Waals surface area (Å²) >= 11 is 3.02. The van der Waals surface area contributed by atoms with Crippen molar-refractivity contribution in [1.29, 1.82) is 0 Å². The monoisotopic (exact) mass is 364 g/mol. The fourth-order valence-electron chi connectivity index (χ4n) is 1.72. The van der Waals surface area contributed by atoms with Gasteiger partial charge in [0.15, 0.2) is 0 Å². The number of phenolic OH excluding ortho intramolecular Hbond substituents is 1. The maximum atomic E-state index is 11.1. The van der Waals surface area contributed by atoms with Gasteiger partial charge in [-0.05, 0) is 28.1 Å². The molecule has 0 aliphatic carbocycles. The minimum Gasteiger partial charge on any atom is -0.506 e. The van der Waals surface area contributed by atoms with Crippen LogP contribution in [0.2, 0.25) is 0 Å². The molecule has 0 spiro atoms. The normalized spacial score (nSPS) is 10.8. The number of carboxylic acid groups (broad SMARTS) is 1. The van der Waals surface area contributed by atoms with Crippen LogP contribution in [0.3, 0.4) is 0 Å². The lowest BCUT2D eigenvalue weighted by Gasteiger charge is -2.03. The van der Waals surface area contributed by atoms with E-state index in [1.807, 2.05) is 0 Å². The van der Waals surface area contributed by atoms with Gasteiger partial charge in [0, 0.05) is 23.9 Å². The fourth-order valence-corrected chi connectivity index (χ4v) is 2.18. The SMILES string of the molecule is O=C(O)c1ccccc1N=Cc1cc([N+](=O)[O-])cc(Br)c1O. The minimum absolute atomic E-state index is 0.0114. The first-order valence-corrected chi connectivity index (χ1v) is 6.72. The summed E-state index contributed by atoms with van der Waals surface area (Å²) in [6.45, 7) is 0. The molecular formula is C14H9BrN2O5. The number of rotatable bonds is 4. The number of phenols is 1. The number of hydrogen-bond donors (Lipinski definition) is 2. The Labute approximate surface area is 132 Å². The van der Waals surface area contributed by atoms with E-state index in [1.165, 1.54) is 18.3 Å². The van der Waals surface area contributed by atoms with Gasteiger partial charge < -0.3 is 10.2 Å². The summed E-state index contributed by atoms with van der Waals surface area (Å²) in [6.07, 6.45) is 1.18. The highest BCUT2D eigenvalue weighted by atomic mass is 79.9. The lowest BCUT2D eigenvalue weighted by atomic mass is 10.1. The Bertz CT molecular complexity index is 789. The Morgan fingerprint density at radius 2 is 2.00 bits per heavy atom. The van der Waals surface area contributed by atoms with Crippen molar-refractivity contribution in [3.8, 4) is 5.75 Å². The minimum atomic E-state index is -1.14. The van der Waals surface area contributed by atoms with Crippen LogP contribution in [-0.2, 0) is 0 Å². The second kappa shape index (κ2) is 6.35. The molecule has 2 aromatic rings. The Morgan fingerprint density at radius 3 is 2.64 bits per heavy atom. The number of nitro benzene ring substituents is 1. The van der Waals surface area contributed by atoms with Crippen molar-refractivity contribution in [1.82, 2.24) is 0 Å². The number of aromatic hydroxyl groups is 1. The molecule has 0 aromatic heterocycles. The third-order valence-corrected chi connectivity index (χ3v) is 3.37. The third-order valence-electron chi connectivity index (χ3n) is 2.77. The summed E-state index contributed by atoms with van der Waals surface area (Å²) in [5, 5.41) is 29.8. The number of carbonyl (C=O) groups is 1. The molecule has 0 saturated carbocycles. The van der Waals surface area contributed by atoms with Crippen LogP contribution in [0.4, 0.5) is 11.4 Å². The number of carboxylic acids is 1. The Balaban J connectivity index is 2.47. The summed E-state index contributed by atoms with van der Waals surface area (Å²) in [4.78, 5) is 25.3. The molecule has 0 heterocycles. The van der Waals surface area contributed by atoms with Crippen molar-refractivity contribution in [2.75, 3.05) is 0 Å². The van der Waals surface area contributed by atoms with Crippen LogP contribution in [0.1, 0.15) is 15.9 Å². The van der Waals surface area contributed by atoms with E-state index in [0.29, 0.717) is 0 Å². The number of nitrogens with zero attached hydrogens (tertiary/aromatic N) is 2. The van der Waals surface area contributed by atoms with Gasteiger partial charge in [0.05, 0.1) is 20.6 Å². The van der Waals surface area contributed by atoms with Crippen molar-refractivity contribution in [3.05, 3.63) is 62.1 Å². The average Bonchev–Trinajstić information content (AvgIpc) is 2.48. The van der Waals surface area contributed by atoms with Crippen LogP contribution in [-0.4, -0.2) is 27.3 Å². The van der Waals surface area contributed by atoms with Crippen molar-refractivity contribution >= 4 is 39.5 Å². The van der Waals surface area contributed by atoms with Gasteiger partial charge in [-0.15, -0.1) is 0 Å². The van der Waals surface area contributed by atoms with Crippen molar-refractivity contribution < 1.29 is 19.9 Å². The van der Waals surface area contributed by atoms with Gasteiger partial charge in [0.2, 0.25) is 0 Å². The molecule has 22 heavy (non-hydrogen) atoms. The maximum absolute atomic E-state index is 11.1. The number of non-ortho nitro benzene ring substituents is 1. The molecule has 112 valence electrons. The van der Waals surface area contributed by atoms with E-state index in [9.17, 15) is 20.0 Å². The molecule has 0 aliphatic rings. The number of aromatic carboxylic acids is 1. The standard InChI is InChI=1S/C14H9BrN2O5/c15-11-6-9(17(21)22)5-8(13(11)18)7-16-12-4-2-1-3-10(12)14(19)20/h1-7,18H,(H,19,20). The molecule has 0 aliphatic heterocycles. The maximum Gasteiger partial charge on any atom is 0.337 e. The highest BCUT2D eigenvalue weighted by Crippen LogP contribution is 2.32. The van der Waals surface area contributed by atoms with Gasteiger partial charge in [-0.25, -0.2) is 4.79 Å². The molecule has 0 bridgehead atoms. The molecule has 8 heteroatoms. The molecule has 0 unspecified atom stereocenters. The Morgan fingerprint density at radius 1 is 1.32 bits per heavy atom. The second-order valence-corrected chi connectivity index (χ2v) is 5.06. The zero-order valence-electron chi connectivity index (χ0n) is 10.9. The van der Waals surface area contributed by atoms with Crippen molar-refractivity contribution in [2.24, 2.45) is 4.99 Å². The lowest BCUT2D eigenvalue weighted by molar-refractivity contribution is -0.385. The van der Waals surface area contributed by atoms with Crippen LogP contribution < -0.4 is 0 Å². The van der Waals surface area contributed by atoms with Crippen molar-refractivity contribution in [3.63, 3.8) is 0 Å². The Hall–Kier alpha value is -2.74. The molecular weight excluding hydrogens is 356 g/mol. The number of benzene rings is 2. The molecule has 0 fully saturated rings. The molecule has 2 aromatic carbocycles. The summed E-state index contributed by atoms with van der Waals surface area (Å²) in [7, 11) is 0. The highest BCUT2D eigenvalue weighted by molar-refractivity contribution is 9.10. The van der Waals surface area contributed by atoms with E-state index in [1.54, 1.807) is 12.1 Å². The molecule has 0 saturated heterocycles. The van der Waals surface area contributed by atoms with Gasteiger partial charge in [-0.3, -0.25) is 15.1 Å². The quantitative estimate of drug-likeness (QED) is 0.489. The van der Waals surface area contributed by atoms with Gasteiger partial charge in [0.25, 0.3) is 5.69 Å². The van der Waals surface area contributed by atoms with Crippen LogP contribution in [0.25, 0.3) is 0 Å². The first-order valence-electron chi connectivity index (χ1n) is 5.93. The largest absolute Gasteiger partial charge is 0.506 e. The molecule has 0 radical (unpaired) electrons. The van der Waals surface area contributed by atoms with Gasteiger partial charge in [-0.2, -0.15) is 0 Å². The van der Waals surface area contributed by atoms with Crippen LogP contribution in [0.5, 0.6) is 5.75 Å². The van der Waals surface area contributed by atoms with Gasteiger partial charge >= 0.3 is 5.97 Å². The Kier molecular flexibility index (Phi) is 4.52. The van der Waals surface area contributed by atoms with E-state index < -0.39 is 10.9 Å². The fraction of sp³-hybridized carbons (Fsp3) is 0. The van der Waals surface area contributed by atoms with E-state index >= 15 is 0 Å². The molecule has 2 rings (SSSR count). The first kappa shape index (κ1) is 15.6. The van der Waals surface area contributed by atoms with Gasteiger partial charge in [0.1, 0.15) is 5.75 Å². The third kappa shape index (κ3) is 3.29. The molecule has 7 nitrogen and oxygen atoms in total. The summed E-state index contributed by atoms with van der Waals surface area (Å²) in [5.74, 6) is -1.36. The van der Waals surface area contributed by atoms with E-state index in [2.05, 4.69) is 20.9 Å². The predicted octanol–water partition coefficient (Wildman–Crippen LogP) is 3.51. The van der Waals surface area contributed by atoms with Crippen LogP contribution in [0, 0.1) is 10.1 Å². The summed E-state index contributed by atoms with van der Waals surface area (Å²) < 4.78 is 0.148. The molecule has 2 N–H and O–H groups in total. The first-order chi connectivity index (χ1) is 10.4. The summed E-state index contributed by atoms with van der Waals surface area (Å²) in [5.41, 5.74) is 0.0404. The molecule has 0 atom stereocenters. The van der Waals surface area contributed by atoms with Gasteiger partial charge in [-0.1, -0.05) is 12.1 Å². The van der Waals surface area contributed by atoms with E-state index in [0.717, 1.165) is 12.1 Å². The highest BCUT2D eigenvalue weighted by Gasteiger charge is 2.14. The van der Waals surface area contributed by atoms with Crippen molar-refractivity contribution in [2.45, 2.75) is 0 Å². The number of aliphatic imine (C=N–C) groups is 1. The number of nitro groups is 1. The number of halogens is 1. The zero-order chi connectivity index (χ0) is 16.3. The zero-order valence-corrected chi connectivity index (χ0v) is 12.5. The second-order valence-electron chi connectivity index (χ2n) is 4.20. The summed E-state index contributed by atoms with van der Waals surface area (Å²) in [6, 6.07) is 8.36. The average molecular weight is 365 g/mol. The van der Waals surface area contributed by atoms with Crippen LogP contribution >= 0.6 is 15.9 Å². The van der Waals surface area contributed by atoms with E-state index in [4.69, 9.17) is 5.11 Å². The number of hydrogen-bond acceptors (Lipinski definition) is 5. The van der Waals surface area contributed by atoms with Crippen LogP contribution in [0.15, 0.2) is 45.9 Å². The van der Waals surface area contributed by atoms with E-state index in [-0.39, 0.29) is 32.7 Å². The number of para-hydroxylation sites is 1. The molecule has 0 amide bonds. The lowest BCUT2D eigenvalue weighted by Crippen LogP contribution is -1.96. The predicted molar refractivity (Wildman–Crippen MR) is 83.1 cm³/mol. The topological polar surface area (TPSA) is 113 Å².